The van der Waals surface area contributed by atoms with Crippen molar-refractivity contribution in [2.45, 2.75) is 63.8 Å². The average molecular weight is 601 g/mol. The lowest BCUT2D eigenvalue weighted by Gasteiger charge is -2.29. The SMILES string of the molecule is CC(C)(C)OC(=O)NCCC1NC(CNC(=O)OCc2ccccc2)CCN(CC(c2ccccc2)c2ccccc2)C1=O. The first kappa shape index (κ1) is 32.5. The molecule has 9 heteroatoms. The molecule has 3 aromatic rings. The summed E-state index contributed by atoms with van der Waals surface area (Å²) < 4.78 is 10.7. The molecule has 3 N–H and O–H groups in total. The molecule has 1 saturated heterocycles. The third-order valence-electron chi connectivity index (χ3n) is 7.41. The van der Waals surface area contributed by atoms with Crippen molar-refractivity contribution in [3.8, 4) is 0 Å². The van der Waals surface area contributed by atoms with Crippen LogP contribution in [0.15, 0.2) is 91.0 Å². The summed E-state index contributed by atoms with van der Waals surface area (Å²) in [4.78, 5) is 40.6. The lowest BCUT2D eigenvalue weighted by atomic mass is 9.90. The van der Waals surface area contributed by atoms with E-state index in [4.69, 9.17) is 9.47 Å². The number of rotatable bonds is 11. The highest BCUT2D eigenvalue weighted by atomic mass is 16.6. The zero-order valence-electron chi connectivity index (χ0n) is 25.8. The van der Waals surface area contributed by atoms with Crippen molar-refractivity contribution in [1.82, 2.24) is 20.9 Å². The number of ether oxygens (including phenoxy) is 2. The molecule has 44 heavy (non-hydrogen) atoms. The van der Waals surface area contributed by atoms with E-state index in [-0.39, 0.29) is 31.0 Å². The molecule has 0 radical (unpaired) electrons. The van der Waals surface area contributed by atoms with Gasteiger partial charge in [0, 0.05) is 38.1 Å². The van der Waals surface area contributed by atoms with Gasteiger partial charge in [-0.05, 0) is 50.3 Å². The topological polar surface area (TPSA) is 109 Å². The number of hydrogen-bond acceptors (Lipinski definition) is 6. The number of carbonyl (C=O) groups excluding carboxylic acids is 3. The van der Waals surface area contributed by atoms with Gasteiger partial charge in [-0.1, -0.05) is 91.0 Å². The maximum Gasteiger partial charge on any atom is 0.407 e. The molecule has 0 spiro atoms. The third-order valence-corrected chi connectivity index (χ3v) is 7.41. The predicted octanol–water partition coefficient (Wildman–Crippen LogP) is 5.22. The first-order chi connectivity index (χ1) is 21.2. The molecule has 1 aliphatic heterocycles. The van der Waals surface area contributed by atoms with Gasteiger partial charge in [0.15, 0.2) is 0 Å². The molecular weight excluding hydrogens is 556 g/mol. The number of alkyl carbamates (subject to hydrolysis) is 2. The second kappa shape index (κ2) is 15.9. The van der Waals surface area contributed by atoms with Crippen LogP contribution in [0.3, 0.4) is 0 Å². The van der Waals surface area contributed by atoms with Gasteiger partial charge in [0.25, 0.3) is 0 Å². The molecule has 4 rings (SSSR count). The highest BCUT2D eigenvalue weighted by molar-refractivity contribution is 5.82. The molecule has 0 bridgehead atoms. The van der Waals surface area contributed by atoms with Crippen molar-refractivity contribution in [2.75, 3.05) is 26.2 Å². The molecule has 2 unspecified atom stereocenters. The summed E-state index contributed by atoms with van der Waals surface area (Å²) >= 11 is 0. The van der Waals surface area contributed by atoms with Gasteiger partial charge in [-0.25, -0.2) is 9.59 Å². The number of hydrogen-bond donors (Lipinski definition) is 3. The Kier molecular flexibility index (Phi) is 11.8. The standard InChI is InChI=1S/C35H44N4O5/c1-35(2,3)44-34(42)36-21-19-31-32(40)39(24-30(27-15-9-5-10-16-27)28-17-11-6-12-18-28)22-20-29(38-31)23-37-33(41)43-25-26-13-7-4-8-14-26/h4-18,29-31,38H,19-25H2,1-3H3,(H,36,42)(H,37,41). The van der Waals surface area contributed by atoms with E-state index in [0.717, 1.165) is 16.7 Å². The van der Waals surface area contributed by atoms with E-state index in [9.17, 15) is 14.4 Å². The number of nitrogens with zero attached hydrogens (tertiary/aromatic N) is 1. The molecule has 0 saturated carbocycles. The van der Waals surface area contributed by atoms with Crippen molar-refractivity contribution in [3.63, 3.8) is 0 Å². The first-order valence-electron chi connectivity index (χ1n) is 15.2. The van der Waals surface area contributed by atoms with Crippen LogP contribution in [0, 0.1) is 0 Å². The van der Waals surface area contributed by atoms with Crippen LogP contribution in [-0.4, -0.2) is 66.9 Å². The van der Waals surface area contributed by atoms with Crippen molar-refractivity contribution < 1.29 is 23.9 Å². The summed E-state index contributed by atoms with van der Waals surface area (Å²) in [5.74, 6) is -0.0495. The summed E-state index contributed by atoms with van der Waals surface area (Å²) in [5.41, 5.74) is 2.55. The van der Waals surface area contributed by atoms with E-state index < -0.39 is 23.8 Å². The van der Waals surface area contributed by atoms with Crippen molar-refractivity contribution in [2.24, 2.45) is 0 Å². The van der Waals surface area contributed by atoms with Crippen LogP contribution in [0.4, 0.5) is 9.59 Å². The fraction of sp³-hybridized carbons (Fsp3) is 0.400. The average Bonchev–Trinajstić information content (AvgIpc) is 3.16. The molecule has 0 aliphatic carbocycles. The zero-order valence-corrected chi connectivity index (χ0v) is 25.8. The van der Waals surface area contributed by atoms with Crippen LogP contribution in [-0.2, 0) is 20.9 Å². The van der Waals surface area contributed by atoms with Gasteiger partial charge in [0.1, 0.15) is 12.2 Å². The van der Waals surface area contributed by atoms with Crippen LogP contribution in [0.1, 0.15) is 56.2 Å². The molecule has 1 aliphatic rings. The van der Waals surface area contributed by atoms with Gasteiger partial charge >= 0.3 is 12.2 Å². The maximum atomic E-state index is 14.0. The van der Waals surface area contributed by atoms with Crippen LogP contribution < -0.4 is 16.0 Å². The second-order valence-corrected chi connectivity index (χ2v) is 12.0. The summed E-state index contributed by atoms with van der Waals surface area (Å²) in [6.07, 6.45) is -0.0375. The molecule has 3 amide bonds. The van der Waals surface area contributed by atoms with Crippen LogP contribution >= 0.6 is 0 Å². The molecule has 2 atom stereocenters. The van der Waals surface area contributed by atoms with Gasteiger partial charge in [-0.3, -0.25) is 4.79 Å². The molecular formula is C35H44N4O5. The molecule has 1 fully saturated rings. The van der Waals surface area contributed by atoms with E-state index >= 15 is 0 Å². The normalized spacial score (nSPS) is 17.1. The Morgan fingerprint density at radius 2 is 1.48 bits per heavy atom. The van der Waals surface area contributed by atoms with Gasteiger partial charge in [-0.15, -0.1) is 0 Å². The monoisotopic (exact) mass is 600 g/mol. The minimum Gasteiger partial charge on any atom is -0.445 e. The Balaban J connectivity index is 1.44. The Hall–Kier alpha value is -4.37. The summed E-state index contributed by atoms with van der Waals surface area (Å²) in [6.45, 7) is 7.17. The summed E-state index contributed by atoms with van der Waals surface area (Å²) in [5, 5.41) is 9.07. The quantitative estimate of drug-likeness (QED) is 0.279. The Morgan fingerprint density at radius 3 is 2.07 bits per heavy atom. The molecule has 9 nitrogen and oxygen atoms in total. The summed E-state index contributed by atoms with van der Waals surface area (Å²) in [7, 11) is 0. The minimum absolute atomic E-state index is 0.00970. The van der Waals surface area contributed by atoms with Crippen LogP contribution in [0.5, 0.6) is 0 Å². The number of carbonyl (C=O) groups is 3. The number of amides is 3. The maximum absolute atomic E-state index is 14.0. The van der Waals surface area contributed by atoms with Crippen LogP contribution in [0.25, 0.3) is 0 Å². The lowest BCUT2D eigenvalue weighted by molar-refractivity contribution is -0.133. The third kappa shape index (κ3) is 10.4. The minimum atomic E-state index is -0.618. The van der Waals surface area contributed by atoms with Gasteiger partial charge in [0.05, 0.1) is 6.04 Å². The predicted molar refractivity (Wildman–Crippen MR) is 170 cm³/mol. The first-order valence-corrected chi connectivity index (χ1v) is 15.2. The molecule has 234 valence electrons. The number of benzene rings is 3. The fourth-order valence-corrected chi connectivity index (χ4v) is 5.24. The Morgan fingerprint density at radius 1 is 0.886 bits per heavy atom. The van der Waals surface area contributed by atoms with Crippen molar-refractivity contribution >= 4 is 18.1 Å². The van der Waals surface area contributed by atoms with Gasteiger partial charge < -0.3 is 30.3 Å². The fourth-order valence-electron chi connectivity index (χ4n) is 5.24. The Bertz CT molecular complexity index is 1290. The van der Waals surface area contributed by atoms with E-state index in [1.54, 1.807) is 20.8 Å². The molecule has 1 heterocycles. The highest BCUT2D eigenvalue weighted by Gasteiger charge is 2.33. The smallest absolute Gasteiger partial charge is 0.407 e. The van der Waals surface area contributed by atoms with Gasteiger partial charge in [-0.2, -0.15) is 0 Å². The van der Waals surface area contributed by atoms with E-state index in [2.05, 4.69) is 40.2 Å². The highest BCUT2D eigenvalue weighted by Crippen LogP contribution is 2.27. The lowest BCUT2D eigenvalue weighted by Crippen LogP contribution is -2.50. The second-order valence-electron chi connectivity index (χ2n) is 12.0. The molecule has 0 aromatic heterocycles. The van der Waals surface area contributed by atoms with Crippen molar-refractivity contribution in [3.05, 3.63) is 108 Å². The van der Waals surface area contributed by atoms with E-state index in [0.29, 0.717) is 32.5 Å². The largest absolute Gasteiger partial charge is 0.445 e. The van der Waals surface area contributed by atoms with E-state index in [1.165, 1.54) is 0 Å². The van der Waals surface area contributed by atoms with Crippen molar-refractivity contribution in [1.29, 1.82) is 0 Å². The molecule has 3 aromatic carbocycles. The number of nitrogens with one attached hydrogen (secondary N) is 3. The Labute approximate surface area is 260 Å². The van der Waals surface area contributed by atoms with E-state index in [1.807, 2.05) is 71.6 Å². The zero-order chi connectivity index (χ0) is 31.4. The summed E-state index contributed by atoms with van der Waals surface area (Å²) in [6, 6.07) is 29.2. The van der Waals surface area contributed by atoms with Gasteiger partial charge in [0.2, 0.25) is 5.91 Å². The van der Waals surface area contributed by atoms with Crippen LogP contribution in [0.2, 0.25) is 0 Å².